The average molecular weight is 359 g/mol. The van der Waals surface area contributed by atoms with Gasteiger partial charge < -0.3 is 15.5 Å². The van der Waals surface area contributed by atoms with Crippen molar-refractivity contribution in [2.24, 2.45) is 11.3 Å². The van der Waals surface area contributed by atoms with Gasteiger partial charge in [-0.1, -0.05) is 27.7 Å². The van der Waals surface area contributed by atoms with Crippen LogP contribution in [-0.2, 0) is 14.4 Å². The molecule has 0 bridgehead atoms. The Balaban J connectivity index is 1.94. The molecule has 0 radical (unpaired) electrons. The fourth-order valence-electron chi connectivity index (χ4n) is 2.98. The third kappa shape index (κ3) is 5.31. The first-order valence-electron chi connectivity index (χ1n) is 9.21. The van der Waals surface area contributed by atoms with Gasteiger partial charge in [-0.2, -0.15) is 0 Å². The minimum atomic E-state index is -0.433. The summed E-state index contributed by atoms with van der Waals surface area (Å²) in [7, 11) is 0. The van der Waals surface area contributed by atoms with Gasteiger partial charge in [-0.25, -0.2) is 0 Å². The molecule has 1 heterocycles. The molecule has 1 aliphatic rings. The average Bonchev–Trinajstić information content (AvgIpc) is 2.61. The first-order valence-corrected chi connectivity index (χ1v) is 9.21. The number of benzene rings is 1. The van der Waals surface area contributed by atoms with Gasteiger partial charge in [0.05, 0.1) is 5.92 Å². The quantitative estimate of drug-likeness (QED) is 0.866. The van der Waals surface area contributed by atoms with E-state index in [0.717, 1.165) is 12.8 Å². The van der Waals surface area contributed by atoms with Crippen LogP contribution < -0.4 is 10.6 Å². The van der Waals surface area contributed by atoms with E-state index in [1.165, 1.54) is 0 Å². The minimum absolute atomic E-state index is 0.0485. The number of piperidine rings is 1. The van der Waals surface area contributed by atoms with Crippen LogP contribution in [0, 0.1) is 11.3 Å². The highest BCUT2D eigenvalue weighted by molar-refractivity contribution is 5.94. The number of rotatable bonds is 4. The molecule has 1 saturated heterocycles. The predicted octanol–water partition coefficient (Wildman–Crippen LogP) is 3.26. The van der Waals surface area contributed by atoms with Crippen LogP contribution >= 0.6 is 0 Å². The number of carbonyl (C=O) groups excluding carboxylic acids is 3. The van der Waals surface area contributed by atoms with Gasteiger partial charge in [-0.15, -0.1) is 0 Å². The standard InChI is InChI=1S/C20H29N3O3/c1-5-17(24)21-15-8-10-16(11-9-15)22-18(25)14-7-6-12-23(13-14)19(26)20(2,3)4/h8-11,14H,5-7,12-13H2,1-4H3,(H,21,24)(H,22,25). The number of nitrogens with zero attached hydrogens (tertiary/aromatic N) is 1. The third-order valence-electron chi connectivity index (χ3n) is 4.48. The lowest BCUT2D eigenvalue weighted by molar-refractivity contribution is -0.142. The summed E-state index contributed by atoms with van der Waals surface area (Å²) in [5.74, 6) is -0.227. The van der Waals surface area contributed by atoms with Gasteiger partial charge in [0, 0.05) is 36.3 Å². The Morgan fingerprint density at radius 1 is 1.08 bits per heavy atom. The second-order valence-electron chi connectivity index (χ2n) is 7.81. The van der Waals surface area contributed by atoms with Crippen molar-refractivity contribution >= 4 is 29.1 Å². The summed E-state index contributed by atoms with van der Waals surface area (Å²) in [5.41, 5.74) is 0.954. The number of nitrogens with one attached hydrogen (secondary N) is 2. The summed E-state index contributed by atoms with van der Waals surface area (Å²) in [4.78, 5) is 38.2. The normalized spacial score (nSPS) is 17.5. The second kappa shape index (κ2) is 8.34. The van der Waals surface area contributed by atoms with E-state index in [9.17, 15) is 14.4 Å². The van der Waals surface area contributed by atoms with Gasteiger partial charge in [-0.3, -0.25) is 14.4 Å². The van der Waals surface area contributed by atoms with Crippen molar-refractivity contribution in [1.82, 2.24) is 4.90 Å². The number of anilines is 2. The highest BCUT2D eigenvalue weighted by Crippen LogP contribution is 2.24. The molecule has 1 aromatic rings. The molecular formula is C20H29N3O3. The van der Waals surface area contributed by atoms with E-state index >= 15 is 0 Å². The summed E-state index contributed by atoms with van der Waals surface area (Å²) in [6.07, 6.45) is 2.04. The van der Waals surface area contributed by atoms with Crippen molar-refractivity contribution < 1.29 is 14.4 Å². The summed E-state index contributed by atoms with van der Waals surface area (Å²) in [5, 5.41) is 5.69. The van der Waals surface area contributed by atoms with Crippen LogP contribution in [0.3, 0.4) is 0 Å². The van der Waals surface area contributed by atoms with Crippen LogP contribution in [0.5, 0.6) is 0 Å². The second-order valence-corrected chi connectivity index (χ2v) is 7.81. The van der Waals surface area contributed by atoms with E-state index in [-0.39, 0.29) is 23.6 Å². The lowest BCUT2D eigenvalue weighted by Crippen LogP contribution is -2.47. The number of hydrogen-bond donors (Lipinski definition) is 2. The molecule has 6 nitrogen and oxygen atoms in total. The van der Waals surface area contributed by atoms with Crippen LogP contribution in [0.1, 0.15) is 47.0 Å². The van der Waals surface area contributed by atoms with Crippen molar-refractivity contribution in [1.29, 1.82) is 0 Å². The summed E-state index contributed by atoms with van der Waals surface area (Å²) >= 11 is 0. The zero-order valence-electron chi connectivity index (χ0n) is 16.1. The van der Waals surface area contributed by atoms with E-state index in [2.05, 4.69) is 10.6 Å². The maximum absolute atomic E-state index is 12.6. The first kappa shape index (κ1) is 19.9. The molecule has 142 valence electrons. The largest absolute Gasteiger partial charge is 0.341 e. The molecule has 3 amide bonds. The fourth-order valence-corrected chi connectivity index (χ4v) is 2.98. The van der Waals surface area contributed by atoms with Crippen molar-refractivity contribution in [3.8, 4) is 0 Å². The molecule has 1 unspecified atom stereocenters. The summed E-state index contributed by atoms with van der Waals surface area (Å²) in [6.45, 7) is 8.67. The van der Waals surface area contributed by atoms with E-state index in [0.29, 0.717) is 30.9 Å². The molecule has 0 aromatic heterocycles. The van der Waals surface area contributed by atoms with E-state index < -0.39 is 5.41 Å². The van der Waals surface area contributed by atoms with Crippen LogP contribution in [-0.4, -0.2) is 35.7 Å². The Bertz CT molecular complexity index is 662. The zero-order chi connectivity index (χ0) is 19.3. The molecule has 0 aliphatic carbocycles. The van der Waals surface area contributed by atoms with Gasteiger partial charge in [0.25, 0.3) is 0 Å². The summed E-state index contributed by atoms with van der Waals surface area (Å²) in [6, 6.07) is 7.06. The lowest BCUT2D eigenvalue weighted by atomic mass is 9.91. The van der Waals surface area contributed by atoms with Crippen molar-refractivity contribution in [2.45, 2.75) is 47.0 Å². The Hall–Kier alpha value is -2.37. The third-order valence-corrected chi connectivity index (χ3v) is 4.48. The monoisotopic (exact) mass is 359 g/mol. The van der Waals surface area contributed by atoms with Crippen LogP contribution in [0.4, 0.5) is 11.4 Å². The topological polar surface area (TPSA) is 78.5 Å². The number of amides is 3. The predicted molar refractivity (Wildman–Crippen MR) is 103 cm³/mol. The molecule has 2 N–H and O–H groups in total. The molecule has 1 aliphatic heterocycles. The fraction of sp³-hybridized carbons (Fsp3) is 0.550. The Labute approximate surface area is 155 Å². The van der Waals surface area contributed by atoms with Crippen LogP contribution in [0.15, 0.2) is 24.3 Å². The molecule has 26 heavy (non-hydrogen) atoms. The minimum Gasteiger partial charge on any atom is -0.341 e. The molecule has 2 rings (SSSR count). The number of carbonyl (C=O) groups is 3. The van der Waals surface area contributed by atoms with Gasteiger partial charge >= 0.3 is 0 Å². The molecule has 1 atom stereocenters. The van der Waals surface area contributed by atoms with Gasteiger partial charge in [0.2, 0.25) is 17.7 Å². The smallest absolute Gasteiger partial charge is 0.229 e. The zero-order valence-corrected chi connectivity index (χ0v) is 16.1. The van der Waals surface area contributed by atoms with Crippen molar-refractivity contribution in [2.75, 3.05) is 23.7 Å². The Morgan fingerprint density at radius 3 is 2.19 bits per heavy atom. The van der Waals surface area contributed by atoms with Gasteiger partial charge in [-0.05, 0) is 37.1 Å². The van der Waals surface area contributed by atoms with Crippen molar-refractivity contribution in [3.63, 3.8) is 0 Å². The highest BCUT2D eigenvalue weighted by atomic mass is 16.2. The molecular weight excluding hydrogens is 330 g/mol. The van der Waals surface area contributed by atoms with Gasteiger partial charge in [0.1, 0.15) is 0 Å². The number of hydrogen-bond acceptors (Lipinski definition) is 3. The molecule has 1 fully saturated rings. The summed E-state index contributed by atoms with van der Waals surface area (Å²) < 4.78 is 0. The van der Waals surface area contributed by atoms with Gasteiger partial charge in [0.15, 0.2) is 0 Å². The molecule has 1 aromatic carbocycles. The maximum Gasteiger partial charge on any atom is 0.229 e. The molecule has 0 spiro atoms. The molecule has 0 saturated carbocycles. The Morgan fingerprint density at radius 2 is 1.65 bits per heavy atom. The maximum atomic E-state index is 12.6. The Kier molecular flexibility index (Phi) is 6.40. The van der Waals surface area contributed by atoms with E-state index in [1.807, 2.05) is 20.8 Å². The first-order chi connectivity index (χ1) is 12.2. The molecule has 6 heteroatoms. The SMILES string of the molecule is CCC(=O)Nc1ccc(NC(=O)C2CCCN(C(=O)C(C)(C)C)C2)cc1. The highest BCUT2D eigenvalue weighted by Gasteiger charge is 2.33. The van der Waals surface area contributed by atoms with E-state index in [1.54, 1.807) is 36.1 Å². The number of likely N-dealkylation sites (tertiary alicyclic amines) is 1. The van der Waals surface area contributed by atoms with E-state index in [4.69, 9.17) is 0 Å². The van der Waals surface area contributed by atoms with Crippen LogP contribution in [0.2, 0.25) is 0 Å². The lowest BCUT2D eigenvalue weighted by Gasteiger charge is -2.35. The van der Waals surface area contributed by atoms with Crippen molar-refractivity contribution in [3.05, 3.63) is 24.3 Å². The van der Waals surface area contributed by atoms with Crippen LogP contribution in [0.25, 0.3) is 0 Å².